The highest BCUT2D eigenvalue weighted by atomic mass is 16.2. The van der Waals surface area contributed by atoms with Crippen LogP contribution in [-0.4, -0.2) is 42.9 Å². The van der Waals surface area contributed by atoms with Gasteiger partial charge in [-0.3, -0.25) is 14.4 Å². The number of hydrogen-bond acceptors (Lipinski definition) is 5. The van der Waals surface area contributed by atoms with Crippen molar-refractivity contribution in [2.24, 2.45) is 0 Å². The number of aryl methyl sites for hydroxylation is 1. The van der Waals surface area contributed by atoms with Gasteiger partial charge < -0.3 is 20.4 Å². The molecule has 0 bridgehead atoms. The summed E-state index contributed by atoms with van der Waals surface area (Å²) in [7, 11) is 1.67. The molecule has 1 aliphatic rings. The summed E-state index contributed by atoms with van der Waals surface area (Å²) in [5, 5.41) is 17.4. The SMILES string of the molecule is CNC(C)C(=O)N[C@@H]1C(=O)N(Cc2c(C)ccc3ccccc23)c2ccc(C#N)cc2N(C(C)=O)[C@H]1C. The van der Waals surface area contributed by atoms with E-state index in [0.717, 1.165) is 21.9 Å². The Morgan fingerprint density at radius 2 is 1.84 bits per heavy atom. The molecule has 0 aliphatic carbocycles. The predicted molar refractivity (Wildman–Crippen MR) is 144 cm³/mol. The number of carbonyl (C=O) groups excluding carboxylic acids is 3. The molecule has 4 rings (SSSR count). The first kappa shape index (κ1) is 25.9. The van der Waals surface area contributed by atoms with Crippen molar-refractivity contribution in [3.8, 4) is 6.07 Å². The summed E-state index contributed by atoms with van der Waals surface area (Å²) >= 11 is 0. The molecular formula is C29H31N5O3. The summed E-state index contributed by atoms with van der Waals surface area (Å²) in [5.41, 5.74) is 3.34. The third-order valence-corrected chi connectivity index (χ3v) is 7.13. The Hall–Kier alpha value is -4.22. The van der Waals surface area contributed by atoms with Gasteiger partial charge in [0.25, 0.3) is 5.91 Å². The van der Waals surface area contributed by atoms with Crippen LogP contribution in [0.2, 0.25) is 0 Å². The molecule has 2 N–H and O–H groups in total. The first-order valence-corrected chi connectivity index (χ1v) is 12.3. The average molecular weight is 498 g/mol. The summed E-state index contributed by atoms with van der Waals surface area (Å²) < 4.78 is 0. The van der Waals surface area contributed by atoms with E-state index in [9.17, 15) is 19.6 Å². The Morgan fingerprint density at radius 1 is 1.11 bits per heavy atom. The number of benzene rings is 3. The van der Waals surface area contributed by atoms with Crippen LogP contribution in [0.25, 0.3) is 10.8 Å². The standard InChI is InChI=1S/C29H31N5O3/c1-17-10-12-22-8-6-7-9-23(22)24(17)16-33-25-13-11-21(15-30)14-26(25)34(20(4)35)19(3)27(29(33)37)32-28(36)18(2)31-5/h6-14,18-19,27,31H,16H2,1-5H3,(H,32,36)/t18?,19-,27-/m0/s1. The lowest BCUT2D eigenvalue weighted by Gasteiger charge is -2.32. The van der Waals surface area contributed by atoms with Crippen LogP contribution >= 0.6 is 0 Å². The molecule has 1 unspecified atom stereocenters. The van der Waals surface area contributed by atoms with Crippen molar-refractivity contribution in [2.45, 2.75) is 52.4 Å². The van der Waals surface area contributed by atoms with Crippen LogP contribution in [0.15, 0.2) is 54.6 Å². The molecule has 0 saturated carbocycles. The number of hydrogen-bond donors (Lipinski definition) is 2. The van der Waals surface area contributed by atoms with E-state index >= 15 is 0 Å². The quantitative estimate of drug-likeness (QED) is 0.562. The van der Waals surface area contributed by atoms with E-state index in [1.54, 1.807) is 44.0 Å². The van der Waals surface area contributed by atoms with Crippen LogP contribution in [0.3, 0.4) is 0 Å². The molecule has 3 atom stereocenters. The number of rotatable bonds is 5. The van der Waals surface area contributed by atoms with Crippen molar-refractivity contribution < 1.29 is 14.4 Å². The Morgan fingerprint density at radius 3 is 2.51 bits per heavy atom. The van der Waals surface area contributed by atoms with Crippen molar-refractivity contribution in [1.82, 2.24) is 10.6 Å². The minimum absolute atomic E-state index is 0.233. The second-order valence-corrected chi connectivity index (χ2v) is 9.45. The van der Waals surface area contributed by atoms with E-state index in [1.807, 2.05) is 43.3 Å². The van der Waals surface area contributed by atoms with Gasteiger partial charge in [-0.05, 0) is 67.9 Å². The lowest BCUT2D eigenvalue weighted by Crippen LogP contribution is -2.59. The molecular weight excluding hydrogens is 466 g/mol. The minimum Gasteiger partial charge on any atom is -0.341 e. The minimum atomic E-state index is -1.000. The van der Waals surface area contributed by atoms with Gasteiger partial charge >= 0.3 is 0 Å². The second kappa shape index (κ2) is 10.4. The zero-order valence-corrected chi connectivity index (χ0v) is 21.7. The summed E-state index contributed by atoms with van der Waals surface area (Å²) in [6.45, 7) is 7.10. The maximum Gasteiger partial charge on any atom is 0.252 e. The smallest absolute Gasteiger partial charge is 0.252 e. The highest BCUT2D eigenvalue weighted by Gasteiger charge is 2.42. The van der Waals surface area contributed by atoms with Gasteiger partial charge in [0, 0.05) is 6.92 Å². The molecule has 3 aromatic rings. The fourth-order valence-electron chi connectivity index (χ4n) is 4.90. The molecule has 0 aromatic heterocycles. The Kier molecular flexibility index (Phi) is 7.28. The zero-order valence-electron chi connectivity index (χ0n) is 21.7. The van der Waals surface area contributed by atoms with Crippen molar-refractivity contribution in [3.63, 3.8) is 0 Å². The average Bonchev–Trinajstić information content (AvgIpc) is 2.97. The molecule has 8 heteroatoms. The lowest BCUT2D eigenvalue weighted by atomic mass is 9.98. The second-order valence-electron chi connectivity index (χ2n) is 9.45. The van der Waals surface area contributed by atoms with Crippen LogP contribution in [0.4, 0.5) is 11.4 Å². The monoisotopic (exact) mass is 497 g/mol. The topological polar surface area (TPSA) is 106 Å². The van der Waals surface area contributed by atoms with Gasteiger partial charge in [0.05, 0.1) is 41.6 Å². The van der Waals surface area contributed by atoms with Crippen molar-refractivity contribution in [3.05, 3.63) is 71.3 Å². The molecule has 0 saturated heterocycles. The van der Waals surface area contributed by atoms with E-state index in [4.69, 9.17) is 0 Å². The van der Waals surface area contributed by atoms with E-state index in [2.05, 4.69) is 16.7 Å². The van der Waals surface area contributed by atoms with Crippen molar-refractivity contribution in [1.29, 1.82) is 5.26 Å². The number of nitriles is 1. The number of likely N-dealkylation sites (N-methyl/N-ethyl adjacent to an activating group) is 1. The highest BCUT2D eigenvalue weighted by Crippen LogP contribution is 2.38. The summed E-state index contributed by atoms with van der Waals surface area (Å²) in [5.74, 6) is -0.965. The molecule has 3 amide bonds. The molecule has 1 heterocycles. The summed E-state index contributed by atoms with van der Waals surface area (Å²) in [6.07, 6.45) is 0. The normalized spacial score (nSPS) is 18.1. The maximum absolute atomic E-state index is 14.2. The van der Waals surface area contributed by atoms with E-state index in [1.165, 1.54) is 11.8 Å². The van der Waals surface area contributed by atoms with Gasteiger partial charge in [-0.2, -0.15) is 5.26 Å². The molecule has 37 heavy (non-hydrogen) atoms. The molecule has 0 radical (unpaired) electrons. The Balaban J connectivity index is 1.92. The fraction of sp³-hybridized carbons (Fsp3) is 0.310. The summed E-state index contributed by atoms with van der Waals surface area (Å²) in [4.78, 5) is 43.2. The Bertz CT molecular complexity index is 1430. The number of fused-ring (bicyclic) bond motifs is 2. The van der Waals surface area contributed by atoms with E-state index in [0.29, 0.717) is 16.9 Å². The van der Waals surface area contributed by atoms with Crippen LogP contribution in [0, 0.1) is 18.3 Å². The van der Waals surface area contributed by atoms with Gasteiger partial charge in [-0.25, -0.2) is 0 Å². The summed E-state index contributed by atoms with van der Waals surface area (Å²) in [6, 6.07) is 16.9. The zero-order chi connectivity index (χ0) is 26.9. The number of nitrogens with zero attached hydrogens (tertiary/aromatic N) is 3. The lowest BCUT2D eigenvalue weighted by molar-refractivity contribution is -0.129. The fourth-order valence-corrected chi connectivity index (χ4v) is 4.90. The molecule has 8 nitrogen and oxygen atoms in total. The number of amides is 3. The van der Waals surface area contributed by atoms with Gasteiger partial charge in [0.1, 0.15) is 6.04 Å². The van der Waals surface area contributed by atoms with Gasteiger partial charge in [-0.15, -0.1) is 0 Å². The third kappa shape index (κ3) is 4.78. The van der Waals surface area contributed by atoms with Gasteiger partial charge in [-0.1, -0.05) is 36.4 Å². The van der Waals surface area contributed by atoms with Gasteiger partial charge in [0.2, 0.25) is 11.8 Å². The van der Waals surface area contributed by atoms with Crippen LogP contribution in [-0.2, 0) is 20.9 Å². The van der Waals surface area contributed by atoms with E-state index in [-0.39, 0.29) is 24.3 Å². The number of nitrogens with one attached hydrogen (secondary N) is 2. The first-order chi connectivity index (χ1) is 17.7. The largest absolute Gasteiger partial charge is 0.341 e. The highest BCUT2D eigenvalue weighted by molar-refractivity contribution is 6.09. The molecule has 3 aromatic carbocycles. The van der Waals surface area contributed by atoms with Crippen LogP contribution in [0.5, 0.6) is 0 Å². The maximum atomic E-state index is 14.2. The molecule has 190 valence electrons. The van der Waals surface area contributed by atoms with Crippen molar-refractivity contribution in [2.75, 3.05) is 16.8 Å². The first-order valence-electron chi connectivity index (χ1n) is 12.3. The van der Waals surface area contributed by atoms with E-state index < -0.39 is 18.1 Å². The Labute approximate surface area is 216 Å². The molecule has 0 fully saturated rings. The number of carbonyl (C=O) groups is 3. The number of anilines is 2. The van der Waals surface area contributed by atoms with Crippen LogP contribution in [0.1, 0.15) is 37.5 Å². The predicted octanol–water partition coefficient (Wildman–Crippen LogP) is 3.40. The van der Waals surface area contributed by atoms with Crippen LogP contribution < -0.4 is 20.4 Å². The molecule has 0 spiro atoms. The van der Waals surface area contributed by atoms with Gasteiger partial charge in [0.15, 0.2) is 0 Å². The molecule has 1 aliphatic heterocycles. The van der Waals surface area contributed by atoms with Crippen molar-refractivity contribution >= 4 is 39.9 Å². The third-order valence-electron chi connectivity index (χ3n) is 7.13.